The Morgan fingerprint density at radius 2 is 1.68 bits per heavy atom. The monoisotopic (exact) mass is 460 g/mol. The molecule has 176 valence electrons. The number of para-hydroxylation sites is 2. The maximum absolute atomic E-state index is 13.3. The molecule has 1 aliphatic rings. The summed E-state index contributed by atoms with van der Waals surface area (Å²) in [6.07, 6.45) is 0.0783. The van der Waals surface area contributed by atoms with Crippen molar-refractivity contribution in [2.24, 2.45) is 0 Å². The Labute approximate surface area is 199 Å². The molecule has 1 heterocycles. The van der Waals surface area contributed by atoms with Crippen molar-refractivity contribution in [3.63, 3.8) is 0 Å². The lowest BCUT2D eigenvalue weighted by Crippen LogP contribution is -2.51. The summed E-state index contributed by atoms with van der Waals surface area (Å²) in [5.41, 5.74) is 2.58. The van der Waals surface area contributed by atoms with E-state index in [9.17, 15) is 9.59 Å². The SMILES string of the molecule is COc1ccc(CC(=O)N2CC(C(=O)NCCc3ccccc3)Oc3ccccc32)cc1OC. The fourth-order valence-electron chi connectivity index (χ4n) is 3.96. The first-order valence-electron chi connectivity index (χ1n) is 11.2. The third kappa shape index (κ3) is 5.31. The van der Waals surface area contributed by atoms with Crippen molar-refractivity contribution in [2.45, 2.75) is 18.9 Å². The number of nitrogens with zero attached hydrogens (tertiary/aromatic N) is 1. The molecule has 4 rings (SSSR count). The molecule has 1 atom stereocenters. The lowest BCUT2D eigenvalue weighted by Gasteiger charge is -2.34. The van der Waals surface area contributed by atoms with Crippen LogP contribution in [0.25, 0.3) is 0 Å². The minimum absolute atomic E-state index is 0.134. The topological polar surface area (TPSA) is 77.1 Å². The first-order valence-corrected chi connectivity index (χ1v) is 11.2. The smallest absolute Gasteiger partial charge is 0.262 e. The third-order valence-corrected chi connectivity index (χ3v) is 5.73. The summed E-state index contributed by atoms with van der Waals surface area (Å²) in [5.74, 6) is 1.30. The van der Waals surface area contributed by atoms with Crippen LogP contribution in [-0.4, -0.2) is 45.2 Å². The first kappa shape index (κ1) is 23.2. The first-order chi connectivity index (χ1) is 16.6. The highest BCUT2D eigenvalue weighted by Crippen LogP contribution is 2.34. The van der Waals surface area contributed by atoms with E-state index in [0.717, 1.165) is 17.5 Å². The molecule has 1 unspecified atom stereocenters. The van der Waals surface area contributed by atoms with Crippen molar-refractivity contribution in [3.05, 3.63) is 83.9 Å². The Morgan fingerprint density at radius 3 is 2.44 bits per heavy atom. The molecular formula is C27H28N2O5. The van der Waals surface area contributed by atoms with E-state index in [4.69, 9.17) is 14.2 Å². The third-order valence-electron chi connectivity index (χ3n) is 5.73. The second-order valence-corrected chi connectivity index (χ2v) is 7.97. The van der Waals surface area contributed by atoms with Crippen LogP contribution in [0.2, 0.25) is 0 Å². The summed E-state index contributed by atoms with van der Waals surface area (Å²) in [4.78, 5) is 27.8. The molecule has 0 fully saturated rings. The van der Waals surface area contributed by atoms with Gasteiger partial charge in [-0.15, -0.1) is 0 Å². The molecule has 0 aliphatic carbocycles. The van der Waals surface area contributed by atoms with Crippen molar-refractivity contribution in [1.82, 2.24) is 5.32 Å². The number of carbonyl (C=O) groups is 2. The molecule has 2 amide bonds. The van der Waals surface area contributed by atoms with Gasteiger partial charge in [0, 0.05) is 6.54 Å². The molecular weight excluding hydrogens is 432 g/mol. The number of anilines is 1. The van der Waals surface area contributed by atoms with Crippen LogP contribution >= 0.6 is 0 Å². The quantitative estimate of drug-likeness (QED) is 0.558. The Bertz CT molecular complexity index is 1150. The van der Waals surface area contributed by atoms with Crippen LogP contribution < -0.4 is 24.4 Å². The fraction of sp³-hybridized carbons (Fsp3) is 0.259. The van der Waals surface area contributed by atoms with Crippen molar-refractivity contribution in [2.75, 3.05) is 32.2 Å². The highest BCUT2D eigenvalue weighted by Gasteiger charge is 2.33. The van der Waals surface area contributed by atoms with Crippen LogP contribution in [0.3, 0.4) is 0 Å². The highest BCUT2D eigenvalue weighted by molar-refractivity contribution is 5.98. The Balaban J connectivity index is 1.46. The number of fused-ring (bicyclic) bond motifs is 1. The summed E-state index contributed by atoms with van der Waals surface area (Å²) >= 11 is 0. The van der Waals surface area contributed by atoms with Gasteiger partial charge in [-0.1, -0.05) is 48.5 Å². The normalized spacial score (nSPS) is 14.5. The van der Waals surface area contributed by atoms with Crippen LogP contribution in [0.4, 0.5) is 5.69 Å². The van der Waals surface area contributed by atoms with Gasteiger partial charge in [0.05, 0.1) is 32.9 Å². The molecule has 7 heteroatoms. The lowest BCUT2D eigenvalue weighted by molar-refractivity contribution is -0.128. The largest absolute Gasteiger partial charge is 0.493 e. The number of nitrogens with one attached hydrogen (secondary N) is 1. The van der Waals surface area contributed by atoms with Crippen LogP contribution in [0.1, 0.15) is 11.1 Å². The van der Waals surface area contributed by atoms with Crippen molar-refractivity contribution >= 4 is 17.5 Å². The van der Waals surface area contributed by atoms with Gasteiger partial charge in [-0.3, -0.25) is 9.59 Å². The van der Waals surface area contributed by atoms with Gasteiger partial charge in [-0.2, -0.15) is 0 Å². The summed E-state index contributed by atoms with van der Waals surface area (Å²) in [6.45, 7) is 0.629. The van der Waals surface area contributed by atoms with E-state index in [1.165, 1.54) is 0 Å². The van der Waals surface area contributed by atoms with Gasteiger partial charge < -0.3 is 24.4 Å². The molecule has 1 N–H and O–H groups in total. The standard InChI is InChI=1S/C27H28N2O5/c1-32-23-13-12-20(16-24(23)33-2)17-26(30)29-18-25(34-22-11-7-6-10-21(22)29)27(31)28-15-14-19-8-4-3-5-9-19/h3-13,16,25H,14-15,17-18H2,1-2H3,(H,28,31). The zero-order valence-electron chi connectivity index (χ0n) is 19.3. The van der Waals surface area contributed by atoms with Gasteiger partial charge in [0.2, 0.25) is 5.91 Å². The minimum Gasteiger partial charge on any atom is -0.493 e. The maximum Gasteiger partial charge on any atom is 0.262 e. The number of hydrogen-bond donors (Lipinski definition) is 1. The van der Waals surface area contributed by atoms with Crippen molar-refractivity contribution < 1.29 is 23.8 Å². The molecule has 0 aromatic heterocycles. The van der Waals surface area contributed by atoms with Gasteiger partial charge >= 0.3 is 0 Å². The number of carbonyl (C=O) groups excluding carboxylic acids is 2. The molecule has 3 aromatic rings. The number of hydrogen-bond acceptors (Lipinski definition) is 5. The average molecular weight is 461 g/mol. The molecule has 0 saturated carbocycles. The van der Waals surface area contributed by atoms with Gasteiger partial charge in [-0.25, -0.2) is 0 Å². The van der Waals surface area contributed by atoms with Crippen molar-refractivity contribution in [3.8, 4) is 17.2 Å². The molecule has 7 nitrogen and oxygen atoms in total. The van der Waals surface area contributed by atoms with E-state index in [1.54, 1.807) is 37.3 Å². The average Bonchev–Trinajstić information content (AvgIpc) is 2.88. The summed E-state index contributed by atoms with van der Waals surface area (Å²) < 4.78 is 16.6. The summed E-state index contributed by atoms with van der Waals surface area (Å²) in [6, 6.07) is 22.6. The predicted molar refractivity (Wildman–Crippen MR) is 130 cm³/mol. The molecule has 0 spiro atoms. The predicted octanol–water partition coefficient (Wildman–Crippen LogP) is 3.40. The summed E-state index contributed by atoms with van der Waals surface area (Å²) in [5, 5.41) is 2.94. The van der Waals surface area contributed by atoms with E-state index in [0.29, 0.717) is 29.5 Å². The Morgan fingerprint density at radius 1 is 0.941 bits per heavy atom. The molecule has 34 heavy (non-hydrogen) atoms. The lowest BCUT2D eigenvalue weighted by atomic mass is 10.1. The molecule has 0 radical (unpaired) electrons. The van der Waals surface area contributed by atoms with Crippen molar-refractivity contribution in [1.29, 1.82) is 0 Å². The Kier molecular flexibility index (Phi) is 7.32. The zero-order chi connectivity index (χ0) is 23.9. The number of ether oxygens (including phenoxy) is 3. The van der Waals surface area contributed by atoms with Gasteiger partial charge in [-0.05, 0) is 41.8 Å². The zero-order valence-corrected chi connectivity index (χ0v) is 19.3. The van der Waals surface area contributed by atoms with Crippen LogP contribution in [0.15, 0.2) is 72.8 Å². The van der Waals surface area contributed by atoms with E-state index < -0.39 is 6.10 Å². The van der Waals surface area contributed by atoms with Crippen LogP contribution in [-0.2, 0) is 22.4 Å². The number of benzene rings is 3. The van der Waals surface area contributed by atoms with Crippen LogP contribution in [0.5, 0.6) is 17.2 Å². The van der Waals surface area contributed by atoms with Gasteiger partial charge in [0.1, 0.15) is 5.75 Å². The van der Waals surface area contributed by atoms with E-state index in [2.05, 4.69) is 5.32 Å². The maximum atomic E-state index is 13.3. The van der Waals surface area contributed by atoms with E-state index >= 15 is 0 Å². The molecule has 3 aromatic carbocycles. The highest BCUT2D eigenvalue weighted by atomic mass is 16.5. The second kappa shape index (κ2) is 10.7. The second-order valence-electron chi connectivity index (χ2n) is 7.97. The van der Waals surface area contributed by atoms with Gasteiger partial charge in [0.15, 0.2) is 17.6 Å². The molecule has 1 aliphatic heterocycles. The van der Waals surface area contributed by atoms with E-state index in [-0.39, 0.29) is 24.8 Å². The number of methoxy groups -OCH3 is 2. The number of rotatable bonds is 8. The van der Waals surface area contributed by atoms with Gasteiger partial charge in [0.25, 0.3) is 5.91 Å². The number of amides is 2. The Hall–Kier alpha value is -4.00. The molecule has 0 saturated heterocycles. The summed E-state index contributed by atoms with van der Waals surface area (Å²) in [7, 11) is 3.13. The van der Waals surface area contributed by atoms with Crippen LogP contribution in [0, 0.1) is 0 Å². The van der Waals surface area contributed by atoms with E-state index in [1.807, 2.05) is 54.6 Å². The minimum atomic E-state index is -0.792. The fourth-order valence-corrected chi connectivity index (χ4v) is 3.96. The molecule has 0 bridgehead atoms.